The highest BCUT2D eigenvalue weighted by Crippen LogP contribution is 2.17. The Balaban J connectivity index is 3.94. The Hall–Kier alpha value is -2.11. The van der Waals surface area contributed by atoms with Crippen LogP contribution in [-0.2, 0) is 28.6 Å². The molecule has 0 spiro atoms. The van der Waals surface area contributed by atoms with Crippen molar-refractivity contribution in [3.05, 3.63) is 24.3 Å². The molecule has 70 heavy (non-hydrogen) atoms. The molecule has 0 N–H and O–H groups in total. The van der Waals surface area contributed by atoms with Gasteiger partial charge in [-0.2, -0.15) is 0 Å². The van der Waals surface area contributed by atoms with Crippen molar-refractivity contribution < 1.29 is 28.6 Å². The Bertz CT molecular complexity index is 1130. The molecule has 0 saturated heterocycles. The zero-order valence-electron chi connectivity index (χ0n) is 47.3. The second-order valence-corrected chi connectivity index (χ2v) is 21.3. The minimum atomic E-state index is -0.769. The van der Waals surface area contributed by atoms with E-state index in [1.54, 1.807) is 0 Å². The summed E-state index contributed by atoms with van der Waals surface area (Å²) in [5.41, 5.74) is 0. The molecule has 6 heteroatoms. The van der Waals surface area contributed by atoms with Crippen molar-refractivity contribution in [3.63, 3.8) is 0 Å². The SMILES string of the molecule is CCCCCCCC/C=C\CCCCCCCC(=O)OC(COC(=O)CCCCCCCC)COC(=O)CCCCCCCCCCCCCCCCCCCCC/C=C\CCCCCCCCCC. The molecule has 1 atom stereocenters. The van der Waals surface area contributed by atoms with E-state index in [9.17, 15) is 14.4 Å². The van der Waals surface area contributed by atoms with E-state index in [2.05, 4.69) is 45.1 Å². The molecule has 0 bridgehead atoms. The molecule has 0 rings (SSSR count). The number of unbranched alkanes of at least 4 members (excludes halogenated alkanes) is 43. The van der Waals surface area contributed by atoms with E-state index in [-0.39, 0.29) is 31.1 Å². The smallest absolute Gasteiger partial charge is 0.306 e. The third-order valence-corrected chi connectivity index (χ3v) is 14.2. The van der Waals surface area contributed by atoms with Gasteiger partial charge in [0.1, 0.15) is 13.2 Å². The van der Waals surface area contributed by atoms with E-state index in [0.717, 1.165) is 64.2 Å². The summed E-state index contributed by atoms with van der Waals surface area (Å²) in [6.45, 7) is 6.61. The number of carbonyl (C=O) groups excluding carboxylic acids is 3. The molecular weight excluding hydrogens is 865 g/mol. The molecule has 0 aromatic rings. The monoisotopic (exact) mass is 985 g/mol. The Kier molecular flexibility index (Phi) is 57.7. The van der Waals surface area contributed by atoms with E-state index in [4.69, 9.17) is 14.2 Å². The Labute approximate surface area is 436 Å². The Morgan fingerprint density at radius 1 is 0.271 bits per heavy atom. The van der Waals surface area contributed by atoms with Gasteiger partial charge in [0.05, 0.1) is 0 Å². The summed E-state index contributed by atoms with van der Waals surface area (Å²) < 4.78 is 16.8. The van der Waals surface area contributed by atoms with Crippen molar-refractivity contribution in [2.24, 2.45) is 0 Å². The molecule has 0 aromatic heterocycles. The fourth-order valence-electron chi connectivity index (χ4n) is 9.44. The molecule has 0 saturated carbocycles. The fraction of sp³-hybridized carbons (Fsp3) is 0.891. The molecule has 6 nitrogen and oxygen atoms in total. The molecule has 0 heterocycles. The first-order valence-corrected chi connectivity index (χ1v) is 31.3. The van der Waals surface area contributed by atoms with Gasteiger partial charge in [0, 0.05) is 19.3 Å². The lowest BCUT2D eigenvalue weighted by Crippen LogP contribution is -2.30. The van der Waals surface area contributed by atoms with Crippen molar-refractivity contribution in [2.45, 2.75) is 354 Å². The number of hydrogen-bond acceptors (Lipinski definition) is 6. The summed E-state index contributed by atoms with van der Waals surface area (Å²) >= 11 is 0. The highest BCUT2D eigenvalue weighted by Gasteiger charge is 2.19. The number of esters is 3. The van der Waals surface area contributed by atoms with Gasteiger partial charge in [-0.3, -0.25) is 14.4 Å². The Morgan fingerprint density at radius 3 is 0.714 bits per heavy atom. The van der Waals surface area contributed by atoms with Crippen molar-refractivity contribution in [1.82, 2.24) is 0 Å². The Morgan fingerprint density at radius 2 is 0.471 bits per heavy atom. The van der Waals surface area contributed by atoms with Crippen LogP contribution in [-0.4, -0.2) is 37.2 Å². The molecule has 0 amide bonds. The summed E-state index contributed by atoms with van der Waals surface area (Å²) in [7, 11) is 0. The first kappa shape index (κ1) is 67.9. The molecule has 1 unspecified atom stereocenters. The quantitative estimate of drug-likeness (QED) is 0.0261. The molecular formula is C64H120O6. The van der Waals surface area contributed by atoms with Crippen LogP contribution in [0.1, 0.15) is 348 Å². The van der Waals surface area contributed by atoms with Crippen molar-refractivity contribution in [3.8, 4) is 0 Å². The highest BCUT2D eigenvalue weighted by molar-refractivity contribution is 5.71. The van der Waals surface area contributed by atoms with E-state index < -0.39 is 6.10 Å². The van der Waals surface area contributed by atoms with Gasteiger partial charge in [0.2, 0.25) is 0 Å². The average molecular weight is 986 g/mol. The van der Waals surface area contributed by atoms with Gasteiger partial charge in [-0.15, -0.1) is 0 Å². The maximum Gasteiger partial charge on any atom is 0.306 e. The van der Waals surface area contributed by atoms with Crippen molar-refractivity contribution in [1.29, 1.82) is 0 Å². The van der Waals surface area contributed by atoms with Crippen LogP contribution in [0.4, 0.5) is 0 Å². The predicted molar refractivity (Wildman–Crippen MR) is 303 cm³/mol. The number of hydrogen-bond donors (Lipinski definition) is 0. The standard InChI is InChI=1S/C64H120O6/c1-4-7-10-13-16-18-20-22-24-25-26-27-28-29-30-31-32-33-34-35-36-37-38-39-41-42-44-46-48-51-54-57-63(66)69-60-61(59-68-62(65)56-53-50-15-12-9-6-3)70-64(67)58-55-52-49-47-45-43-40-23-21-19-17-14-11-8-5-2/h23,25-26,40,61H,4-22,24,27-39,41-60H2,1-3H3/b26-25-,40-23-. The lowest BCUT2D eigenvalue weighted by molar-refractivity contribution is -0.167. The number of ether oxygens (including phenoxy) is 3. The van der Waals surface area contributed by atoms with Crippen LogP contribution in [0.3, 0.4) is 0 Å². The summed E-state index contributed by atoms with van der Waals surface area (Å²) in [6, 6.07) is 0. The summed E-state index contributed by atoms with van der Waals surface area (Å²) in [6.07, 6.45) is 70.9. The van der Waals surface area contributed by atoms with Crippen LogP contribution in [0.5, 0.6) is 0 Å². The number of rotatable bonds is 58. The van der Waals surface area contributed by atoms with E-state index >= 15 is 0 Å². The normalized spacial score (nSPS) is 12.1. The average Bonchev–Trinajstić information content (AvgIpc) is 3.36. The predicted octanol–water partition coefficient (Wildman–Crippen LogP) is 21.1. The summed E-state index contributed by atoms with van der Waals surface area (Å²) in [4.78, 5) is 37.9. The zero-order chi connectivity index (χ0) is 50.7. The second-order valence-electron chi connectivity index (χ2n) is 21.3. The number of carbonyl (C=O) groups is 3. The molecule has 0 aliphatic heterocycles. The zero-order valence-corrected chi connectivity index (χ0v) is 47.3. The largest absolute Gasteiger partial charge is 0.462 e. The third-order valence-electron chi connectivity index (χ3n) is 14.2. The minimum Gasteiger partial charge on any atom is -0.462 e. The van der Waals surface area contributed by atoms with Crippen LogP contribution in [0.15, 0.2) is 24.3 Å². The van der Waals surface area contributed by atoms with Gasteiger partial charge in [0.15, 0.2) is 6.10 Å². The second kappa shape index (κ2) is 59.5. The van der Waals surface area contributed by atoms with Crippen LogP contribution >= 0.6 is 0 Å². The van der Waals surface area contributed by atoms with Gasteiger partial charge in [0.25, 0.3) is 0 Å². The highest BCUT2D eigenvalue weighted by atomic mass is 16.6. The maximum atomic E-state index is 12.8. The molecule has 0 aliphatic rings. The topological polar surface area (TPSA) is 78.9 Å². The number of allylic oxidation sites excluding steroid dienone is 4. The van der Waals surface area contributed by atoms with Gasteiger partial charge < -0.3 is 14.2 Å². The van der Waals surface area contributed by atoms with Gasteiger partial charge >= 0.3 is 17.9 Å². The molecule has 0 fully saturated rings. The van der Waals surface area contributed by atoms with Crippen LogP contribution < -0.4 is 0 Å². The lowest BCUT2D eigenvalue weighted by atomic mass is 10.0. The molecule has 0 radical (unpaired) electrons. The molecule has 412 valence electrons. The van der Waals surface area contributed by atoms with Crippen LogP contribution in [0.25, 0.3) is 0 Å². The van der Waals surface area contributed by atoms with Crippen molar-refractivity contribution >= 4 is 17.9 Å². The first-order chi connectivity index (χ1) is 34.5. The van der Waals surface area contributed by atoms with Gasteiger partial charge in [-0.05, 0) is 70.6 Å². The van der Waals surface area contributed by atoms with Crippen LogP contribution in [0, 0.1) is 0 Å². The minimum absolute atomic E-state index is 0.0701. The fourth-order valence-corrected chi connectivity index (χ4v) is 9.44. The maximum absolute atomic E-state index is 12.8. The van der Waals surface area contributed by atoms with E-state index in [0.29, 0.717) is 19.3 Å². The van der Waals surface area contributed by atoms with E-state index in [1.165, 1.54) is 244 Å². The summed E-state index contributed by atoms with van der Waals surface area (Å²) in [5, 5.41) is 0. The summed E-state index contributed by atoms with van der Waals surface area (Å²) in [5.74, 6) is -0.870. The van der Waals surface area contributed by atoms with Crippen LogP contribution in [0.2, 0.25) is 0 Å². The van der Waals surface area contributed by atoms with E-state index in [1.807, 2.05) is 0 Å². The molecule has 0 aromatic carbocycles. The van der Waals surface area contributed by atoms with Gasteiger partial charge in [-0.25, -0.2) is 0 Å². The third kappa shape index (κ3) is 56.8. The first-order valence-electron chi connectivity index (χ1n) is 31.3. The lowest BCUT2D eigenvalue weighted by Gasteiger charge is -2.18. The van der Waals surface area contributed by atoms with Gasteiger partial charge in [-0.1, -0.05) is 283 Å². The molecule has 0 aliphatic carbocycles. The van der Waals surface area contributed by atoms with Crippen molar-refractivity contribution in [2.75, 3.05) is 13.2 Å².